The minimum Gasteiger partial charge on any atom is -0.846 e. The van der Waals surface area contributed by atoms with Crippen molar-refractivity contribution in [1.82, 2.24) is 5.32 Å². The van der Waals surface area contributed by atoms with Crippen LogP contribution < -0.4 is 40.0 Å². The second-order valence-electron chi connectivity index (χ2n) is 4.94. The third kappa shape index (κ3) is 5.70. The summed E-state index contributed by atoms with van der Waals surface area (Å²) in [6.07, 6.45) is 2.24. The quantitative estimate of drug-likeness (QED) is 0.435. The van der Waals surface area contributed by atoms with Gasteiger partial charge in [-0.25, -0.2) is 4.99 Å². The number of carbonyl (C=O) groups excluding carboxylic acids is 2. The molecule has 2 atom stereocenters. The van der Waals surface area contributed by atoms with Gasteiger partial charge in [-0.2, -0.15) is 0 Å². The van der Waals surface area contributed by atoms with Crippen LogP contribution in [0.4, 0.5) is 0 Å². The summed E-state index contributed by atoms with van der Waals surface area (Å²) in [6.45, 7) is 7.22. The van der Waals surface area contributed by atoms with E-state index in [9.17, 15) is 19.5 Å². The SMILES string of the molecule is CCC(=O)O.CCCC(C)C1(CC)C(=O)N=C([O-])NC1=O.[Na+]. The Morgan fingerprint density at radius 3 is 2.18 bits per heavy atom. The Hall–Kier alpha value is -0.920. The van der Waals surface area contributed by atoms with Crippen molar-refractivity contribution >= 4 is 23.8 Å². The summed E-state index contributed by atoms with van der Waals surface area (Å²) < 4.78 is 0. The first-order valence-corrected chi connectivity index (χ1v) is 7.09. The smallest absolute Gasteiger partial charge is 0.846 e. The fourth-order valence-corrected chi connectivity index (χ4v) is 2.30. The molecular weight excluding hydrogens is 299 g/mol. The van der Waals surface area contributed by atoms with Crippen molar-refractivity contribution in [3.8, 4) is 0 Å². The van der Waals surface area contributed by atoms with Crippen LogP contribution in [0.1, 0.15) is 53.4 Å². The molecule has 0 saturated heterocycles. The Morgan fingerprint density at radius 1 is 1.36 bits per heavy atom. The van der Waals surface area contributed by atoms with Gasteiger partial charge in [0.25, 0.3) is 5.91 Å². The average Bonchev–Trinajstić information content (AvgIpc) is 2.39. The summed E-state index contributed by atoms with van der Waals surface area (Å²) in [5.41, 5.74) is -1.15. The van der Waals surface area contributed by atoms with Crippen LogP contribution in [0.15, 0.2) is 4.99 Å². The maximum atomic E-state index is 11.9. The van der Waals surface area contributed by atoms with E-state index in [1.807, 2.05) is 13.8 Å². The summed E-state index contributed by atoms with van der Waals surface area (Å²) in [4.78, 5) is 36.4. The van der Waals surface area contributed by atoms with Crippen molar-refractivity contribution in [3.05, 3.63) is 0 Å². The minimum atomic E-state index is -1.15. The molecule has 1 aliphatic rings. The molecule has 0 fully saturated rings. The van der Waals surface area contributed by atoms with Crippen LogP contribution in [-0.2, 0) is 14.4 Å². The van der Waals surface area contributed by atoms with Gasteiger partial charge in [0.05, 0.1) is 6.02 Å². The number of aliphatic carboxylic acids is 1. The Kier molecular flexibility index (Phi) is 11.4. The van der Waals surface area contributed by atoms with Gasteiger partial charge in [-0.15, -0.1) is 0 Å². The Balaban J connectivity index is 0. The van der Waals surface area contributed by atoms with Crippen LogP contribution >= 0.6 is 0 Å². The van der Waals surface area contributed by atoms with Gasteiger partial charge in [-0.05, 0) is 18.8 Å². The summed E-state index contributed by atoms with van der Waals surface area (Å²) in [5, 5.41) is 20.8. The number of amidine groups is 1. The number of hydrogen-bond acceptors (Lipinski definition) is 4. The van der Waals surface area contributed by atoms with Gasteiger partial charge in [-0.1, -0.05) is 34.1 Å². The largest absolute Gasteiger partial charge is 1.00 e. The number of amides is 2. The molecule has 8 heteroatoms. The maximum absolute atomic E-state index is 11.9. The zero-order valence-corrected chi connectivity index (χ0v) is 15.9. The van der Waals surface area contributed by atoms with E-state index in [-0.39, 0.29) is 41.9 Å². The third-order valence-corrected chi connectivity index (χ3v) is 3.63. The number of aliphatic imine (C=N–C) groups is 1. The normalized spacial score (nSPS) is 21.5. The predicted molar refractivity (Wildman–Crippen MR) is 75.3 cm³/mol. The molecule has 2 unspecified atom stereocenters. The average molecular weight is 322 g/mol. The first-order chi connectivity index (χ1) is 9.75. The number of rotatable bonds is 5. The van der Waals surface area contributed by atoms with E-state index in [0.29, 0.717) is 6.42 Å². The van der Waals surface area contributed by atoms with Crippen LogP contribution in [-0.4, -0.2) is 28.9 Å². The number of carbonyl (C=O) groups is 3. The zero-order chi connectivity index (χ0) is 16.6. The standard InChI is InChI=1S/C11H18N2O3.C3H6O2.Na/c1-4-6-7(3)11(5-2)8(14)12-10(16)13-9(11)15;1-2-3(4)5;/h7H,4-6H2,1-3H3,(H2,12,13,14,15,16);2H2,1H3,(H,4,5);/q;;+1/p-1. The molecular formula is C14H23N2NaO5. The first kappa shape index (κ1) is 23.3. The van der Waals surface area contributed by atoms with E-state index >= 15 is 0 Å². The summed E-state index contributed by atoms with van der Waals surface area (Å²) >= 11 is 0. The number of nitrogens with one attached hydrogen (secondary N) is 1. The van der Waals surface area contributed by atoms with E-state index in [0.717, 1.165) is 12.8 Å². The molecule has 0 spiro atoms. The minimum absolute atomic E-state index is 0. The van der Waals surface area contributed by atoms with Crippen molar-refractivity contribution in [2.75, 3.05) is 0 Å². The maximum Gasteiger partial charge on any atom is 1.00 e. The van der Waals surface area contributed by atoms with Crippen LogP contribution in [0, 0.1) is 11.3 Å². The van der Waals surface area contributed by atoms with Crippen LogP contribution in [0.3, 0.4) is 0 Å². The van der Waals surface area contributed by atoms with Gasteiger partial charge in [-0.3, -0.25) is 14.4 Å². The molecule has 1 rings (SSSR count). The van der Waals surface area contributed by atoms with Gasteiger partial charge in [0, 0.05) is 6.42 Å². The number of carboxylic acids is 1. The molecule has 0 radical (unpaired) electrons. The van der Waals surface area contributed by atoms with E-state index in [2.05, 4.69) is 10.3 Å². The third-order valence-electron chi connectivity index (χ3n) is 3.63. The Bertz CT molecular complexity index is 439. The molecule has 0 aromatic carbocycles. The monoisotopic (exact) mass is 322 g/mol. The van der Waals surface area contributed by atoms with E-state index in [1.165, 1.54) is 0 Å². The molecule has 2 N–H and O–H groups in total. The Morgan fingerprint density at radius 2 is 1.86 bits per heavy atom. The predicted octanol–water partition coefficient (Wildman–Crippen LogP) is -2.32. The van der Waals surface area contributed by atoms with E-state index in [4.69, 9.17) is 5.11 Å². The summed E-state index contributed by atoms with van der Waals surface area (Å²) in [5.74, 6) is -1.94. The molecule has 22 heavy (non-hydrogen) atoms. The van der Waals surface area contributed by atoms with Gasteiger partial charge in [0.1, 0.15) is 5.41 Å². The van der Waals surface area contributed by atoms with Crippen molar-refractivity contribution in [1.29, 1.82) is 0 Å². The second kappa shape index (κ2) is 10.7. The molecule has 0 aliphatic carbocycles. The molecule has 7 nitrogen and oxygen atoms in total. The first-order valence-electron chi connectivity index (χ1n) is 7.09. The number of hydrogen-bond donors (Lipinski definition) is 2. The molecule has 1 heterocycles. The molecule has 0 saturated carbocycles. The molecule has 1 aliphatic heterocycles. The Labute approximate surface area is 152 Å². The fraction of sp³-hybridized carbons (Fsp3) is 0.714. The van der Waals surface area contributed by atoms with Crippen LogP contribution in [0.25, 0.3) is 0 Å². The number of nitrogens with zero attached hydrogens (tertiary/aromatic N) is 1. The van der Waals surface area contributed by atoms with Gasteiger partial charge in [0.15, 0.2) is 0 Å². The van der Waals surface area contributed by atoms with Crippen LogP contribution in [0.2, 0.25) is 0 Å². The molecule has 0 aromatic rings. The molecule has 0 aromatic heterocycles. The fourth-order valence-electron chi connectivity index (χ4n) is 2.30. The van der Waals surface area contributed by atoms with Gasteiger partial charge in [0.2, 0.25) is 5.91 Å². The topological polar surface area (TPSA) is 119 Å². The van der Waals surface area contributed by atoms with Crippen molar-refractivity contribution in [3.63, 3.8) is 0 Å². The molecule has 2 amide bonds. The molecule has 120 valence electrons. The van der Waals surface area contributed by atoms with Crippen molar-refractivity contribution in [2.45, 2.75) is 53.4 Å². The van der Waals surface area contributed by atoms with Crippen molar-refractivity contribution < 1.29 is 54.2 Å². The second-order valence-corrected chi connectivity index (χ2v) is 4.94. The van der Waals surface area contributed by atoms with Crippen LogP contribution in [0.5, 0.6) is 0 Å². The van der Waals surface area contributed by atoms with Gasteiger partial charge < -0.3 is 15.5 Å². The van der Waals surface area contributed by atoms with Crippen molar-refractivity contribution in [2.24, 2.45) is 16.3 Å². The summed E-state index contributed by atoms with van der Waals surface area (Å²) in [7, 11) is 0. The van der Waals surface area contributed by atoms with E-state index in [1.54, 1.807) is 13.8 Å². The molecule has 0 bridgehead atoms. The zero-order valence-electron chi connectivity index (χ0n) is 13.9. The summed E-state index contributed by atoms with van der Waals surface area (Å²) in [6, 6.07) is -0.845. The van der Waals surface area contributed by atoms with E-state index < -0.39 is 29.2 Å². The number of carboxylic acid groups (broad SMARTS) is 1. The van der Waals surface area contributed by atoms with Gasteiger partial charge >= 0.3 is 35.5 Å².